The molecule has 0 atom stereocenters. The van der Waals surface area contributed by atoms with Gasteiger partial charge in [0, 0.05) is 25.2 Å². The minimum absolute atomic E-state index is 0.141. The summed E-state index contributed by atoms with van der Waals surface area (Å²) in [5, 5.41) is 7.88. The third kappa shape index (κ3) is 2.49. The van der Waals surface area contributed by atoms with Crippen LogP contribution in [0.4, 0.5) is 5.69 Å². The Balaban J connectivity index is 1.59. The first-order valence-electron chi connectivity index (χ1n) is 6.72. The Bertz CT molecular complexity index is 622. The van der Waals surface area contributed by atoms with E-state index in [1.54, 1.807) is 6.33 Å². The molecule has 0 spiro atoms. The van der Waals surface area contributed by atoms with E-state index in [0.29, 0.717) is 25.9 Å². The SMILES string of the molecule is Nc1ccccc1CCC(=O)N1CCn2cnnc2C1. The zero-order chi connectivity index (χ0) is 13.9. The fourth-order valence-electron chi connectivity index (χ4n) is 2.44. The van der Waals surface area contributed by atoms with Crippen LogP contribution in [0.2, 0.25) is 0 Å². The third-order valence-corrected chi connectivity index (χ3v) is 3.65. The number of aromatic nitrogens is 3. The van der Waals surface area contributed by atoms with Crippen LogP contribution in [0.1, 0.15) is 17.8 Å². The average Bonchev–Trinajstić information content (AvgIpc) is 2.93. The van der Waals surface area contributed by atoms with Crippen LogP contribution in [0.5, 0.6) is 0 Å². The minimum Gasteiger partial charge on any atom is -0.399 e. The minimum atomic E-state index is 0.141. The van der Waals surface area contributed by atoms with Crippen molar-refractivity contribution in [1.29, 1.82) is 0 Å². The van der Waals surface area contributed by atoms with Crippen LogP contribution in [0.25, 0.3) is 0 Å². The first-order chi connectivity index (χ1) is 9.74. The summed E-state index contributed by atoms with van der Waals surface area (Å²) in [6.45, 7) is 2.03. The number of para-hydroxylation sites is 1. The summed E-state index contributed by atoms with van der Waals surface area (Å²) < 4.78 is 1.99. The van der Waals surface area contributed by atoms with Gasteiger partial charge >= 0.3 is 0 Å². The van der Waals surface area contributed by atoms with Crippen LogP contribution >= 0.6 is 0 Å². The molecule has 1 amide bonds. The molecule has 6 heteroatoms. The predicted octanol–water partition coefficient (Wildman–Crippen LogP) is 0.835. The van der Waals surface area contributed by atoms with Crippen molar-refractivity contribution in [3.05, 3.63) is 42.0 Å². The zero-order valence-electron chi connectivity index (χ0n) is 11.2. The lowest BCUT2D eigenvalue weighted by molar-refractivity contribution is -0.132. The number of rotatable bonds is 3. The second-order valence-corrected chi connectivity index (χ2v) is 4.95. The molecule has 20 heavy (non-hydrogen) atoms. The van der Waals surface area contributed by atoms with Crippen LogP contribution in [0.3, 0.4) is 0 Å². The van der Waals surface area contributed by atoms with Crippen molar-refractivity contribution in [2.24, 2.45) is 0 Å². The monoisotopic (exact) mass is 271 g/mol. The maximum atomic E-state index is 12.2. The number of carbonyl (C=O) groups excluding carboxylic acids is 1. The average molecular weight is 271 g/mol. The molecule has 6 nitrogen and oxygen atoms in total. The molecular formula is C14H17N5O. The van der Waals surface area contributed by atoms with Gasteiger partial charge in [-0.2, -0.15) is 0 Å². The molecular weight excluding hydrogens is 254 g/mol. The molecule has 104 valence electrons. The molecule has 2 heterocycles. The second-order valence-electron chi connectivity index (χ2n) is 4.95. The lowest BCUT2D eigenvalue weighted by atomic mass is 10.1. The predicted molar refractivity (Wildman–Crippen MR) is 74.6 cm³/mol. The Hall–Kier alpha value is -2.37. The number of carbonyl (C=O) groups is 1. The maximum Gasteiger partial charge on any atom is 0.223 e. The third-order valence-electron chi connectivity index (χ3n) is 3.65. The van der Waals surface area contributed by atoms with Gasteiger partial charge in [-0.15, -0.1) is 10.2 Å². The van der Waals surface area contributed by atoms with Gasteiger partial charge in [0.25, 0.3) is 0 Å². The van der Waals surface area contributed by atoms with Gasteiger partial charge in [0.05, 0.1) is 6.54 Å². The fraction of sp³-hybridized carbons (Fsp3) is 0.357. The van der Waals surface area contributed by atoms with Gasteiger partial charge in [-0.3, -0.25) is 4.79 Å². The highest BCUT2D eigenvalue weighted by molar-refractivity contribution is 5.76. The van der Waals surface area contributed by atoms with Crippen molar-refractivity contribution in [3.8, 4) is 0 Å². The van der Waals surface area contributed by atoms with Gasteiger partial charge in [-0.25, -0.2) is 0 Å². The summed E-state index contributed by atoms with van der Waals surface area (Å²) in [5.41, 5.74) is 7.67. The second kappa shape index (κ2) is 5.32. The number of fused-ring (bicyclic) bond motifs is 1. The van der Waals surface area contributed by atoms with Crippen molar-refractivity contribution >= 4 is 11.6 Å². The van der Waals surface area contributed by atoms with E-state index in [0.717, 1.165) is 23.6 Å². The number of nitrogen functional groups attached to an aromatic ring is 1. The fourth-order valence-corrected chi connectivity index (χ4v) is 2.44. The molecule has 1 aromatic heterocycles. The number of aryl methyl sites for hydroxylation is 1. The van der Waals surface area contributed by atoms with Crippen LogP contribution in [-0.2, 0) is 24.3 Å². The first-order valence-corrected chi connectivity index (χ1v) is 6.72. The Labute approximate surface area is 117 Å². The Morgan fingerprint density at radius 2 is 2.15 bits per heavy atom. The lowest BCUT2D eigenvalue weighted by Gasteiger charge is -2.27. The Kier molecular flexibility index (Phi) is 3.37. The summed E-state index contributed by atoms with van der Waals surface area (Å²) in [5.74, 6) is 0.992. The standard InChI is InChI=1S/C14H17N5O/c15-12-4-2-1-3-11(12)5-6-14(20)18-7-8-19-10-16-17-13(19)9-18/h1-4,10H,5-9,15H2. The quantitative estimate of drug-likeness (QED) is 0.839. The van der Waals surface area contributed by atoms with E-state index in [-0.39, 0.29) is 5.91 Å². The number of amides is 1. The molecule has 1 aliphatic heterocycles. The molecule has 1 aliphatic rings. The summed E-state index contributed by atoms with van der Waals surface area (Å²) in [4.78, 5) is 14.1. The maximum absolute atomic E-state index is 12.2. The Morgan fingerprint density at radius 1 is 1.30 bits per heavy atom. The topological polar surface area (TPSA) is 77.0 Å². The van der Waals surface area contributed by atoms with Gasteiger partial charge in [0.15, 0.2) is 5.82 Å². The lowest BCUT2D eigenvalue weighted by Crippen LogP contribution is -2.38. The van der Waals surface area contributed by atoms with E-state index >= 15 is 0 Å². The highest BCUT2D eigenvalue weighted by Crippen LogP contribution is 2.15. The van der Waals surface area contributed by atoms with Crippen LogP contribution < -0.4 is 5.73 Å². The van der Waals surface area contributed by atoms with Crippen LogP contribution in [0.15, 0.2) is 30.6 Å². The molecule has 2 aromatic rings. The largest absolute Gasteiger partial charge is 0.399 e. The summed E-state index contributed by atoms with van der Waals surface area (Å²) >= 11 is 0. The molecule has 1 aromatic carbocycles. The van der Waals surface area contributed by atoms with Crippen molar-refractivity contribution in [1.82, 2.24) is 19.7 Å². The number of benzene rings is 1. The van der Waals surface area contributed by atoms with E-state index in [2.05, 4.69) is 10.2 Å². The Morgan fingerprint density at radius 3 is 3.00 bits per heavy atom. The van der Waals surface area contributed by atoms with Gasteiger partial charge in [-0.1, -0.05) is 18.2 Å². The van der Waals surface area contributed by atoms with E-state index in [1.165, 1.54) is 0 Å². The summed E-state index contributed by atoms with van der Waals surface area (Å²) in [6, 6.07) is 7.68. The number of hydrogen-bond acceptors (Lipinski definition) is 4. The molecule has 2 N–H and O–H groups in total. The molecule has 0 bridgehead atoms. The number of hydrogen-bond donors (Lipinski definition) is 1. The van der Waals surface area contributed by atoms with Gasteiger partial charge < -0.3 is 15.2 Å². The van der Waals surface area contributed by atoms with Gasteiger partial charge in [0.1, 0.15) is 6.33 Å². The van der Waals surface area contributed by atoms with E-state index in [1.807, 2.05) is 33.7 Å². The highest BCUT2D eigenvalue weighted by Gasteiger charge is 2.21. The van der Waals surface area contributed by atoms with Crippen LogP contribution in [0, 0.1) is 0 Å². The molecule has 3 rings (SSSR count). The first kappa shape index (κ1) is 12.7. The number of nitrogens with two attached hydrogens (primary N) is 1. The molecule has 0 aliphatic carbocycles. The zero-order valence-corrected chi connectivity index (χ0v) is 11.2. The molecule has 0 saturated heterocycles. The highest BCUT2D eigenvalue weighted by atomic mass is 16.2. The summed E-state index contributed by atoms with van der Waals surface area (Å²) in [7, 11) is 0. The number of nitrogens with zero attached hydrogens (tertiary/aromatic N) is 4. The van der Waals surface area contributed by atoms with Gasteiger partial charge in [-0.05, 0) is 18.1 Å². The number of anilines is 1. The van der Waals surface area contributed by atoms with E-state index < -0.39 is 0 Å². The van der Waals surface area contributed by atoms with Crippen molar-refractivity contribution in [2.75, 3.05) is 12.3 Å². The van der Waals surface area contributed by atoms with Crippen molar-refractivity contribution < 1.29 is 4.79 Å². The molecule has 0 saturated carbocycles. The molecule has 0 fully saturated rings. The summed E-state index contributed by atoms with van der Waals surface area (Å²) in [6.07, 6.45) is 2.86. The van der Waals surface area contributed by atoms with Crippen molar-refractivity contribution in [2.45, 2.75) is 25.9 Å². The smallest absolute Gasteiger partial charge is 0.223 e. The van der Waals surface area contributed by atoms with Crippen LogP contribution in [-0.4, -0.2) is 32.1 Å². The normalized spacial score (nSPS) is 14.1. The molecule has 0 unspecified atom stereocenters. The van der Waals surface area contributed by atoms with E-state index in [4.69, 9.17) is 5.73 Å². The van der Waals surface area contributed by atoms with Crippen molar-refractivity contribution in [3.63, 3.8) is 0 Å². The van der Waals surface area contributed by atoms with E-state index in [9.17, 15) is 4.79 Å². The molecule has 0 radical (unpaired) electrons. The van der Waals surface area contributed by atoms with Gasteiger partial charge in [0.2, 0.25) is 5.91 Å².